The maximum atomic E-state index is 9.61. The van der Waals surface area contributed by atoms with E-state index in [2.05, 4.69) is 26.8 Å². The van der Waals surface area contributed by atoms with E-state index < -0.39 is 0 Å². The summed E-state index contributed by atoms with van der Waals surface area (Å²) >= 11 is 0. The lowest BCUT2D eigenvalue weighted by atomic mass is 10.0. The Hall–Kier alpha value is -0.560. The van der Waals surface area contributed by atoms with Crippen LogP contribution in [0.4, 0.5) is 0 Å². The van der Waals surface area contributed by atoms with Crippen LogP contribution >= 0.6 is 0 Å². The van der Waals surface area contributed by atoms with Crippen LogP contribution in [0, 0.1) is 5.92 Å². The number of aliphatic hydroxyl groups is 1. The van der Waals surface area contributed by atoms with E-state index in [1.54, 1.807) is 0 Å². The summed E-state index contributed by atoms with van der Waals surface area (Å²) < 4.78 is 0. The molecule has 0 aromatic rings. The Morgan fingerprint density at radius 1 is 1.21 bits per heavy atom. The third-order valence-electron chi connectivity index (χ3n) is 2.23. The molecule has 0 aromatic heterocycles. The molecule has 0 radical (unpaired) electrons. The fraction of sp³-hybridized carbons (Fsp3) is 0.692. The highest BCUT2D eigenvalue weighted by molar-refractivity contribution is 5.05. The Balaban J connectivity index is 3.95. The fourth-order valence-electron chi connectivity index (χ4n) is 1.16. The Bertz CT molecular complexity index is 207. The summed E-state index contributed by atoms with van der Waals surface area (Å²) in [5.41, 5.74) is 2.64. The largest absolute Gasteiger partial charge is 0.389 e. The van der Waals surface area contributed by atoms with Crippen LogP contribution in [0.25, 0.3) is 0 Å². The molecule has 1 unspecified atom stereocenters. The summed E-state index contributed by atoms with van der Waals surface area (Å²) in [7, 11) is 0. The van der Waals surface area contributed by atoms with Gasteiger partial charge in [-0.3, -0.25) is 0 Å². The van der Waals surface area contributed by atoms with Gasteiger partial charge in [0, 0.05) is 0 Å². The van der Waals surface area contributed by atoms with Gasteiger partial charge < -0.3 is 5.11 Å². The van der Waals surface area contributed by atoms with Crippen molar-refractivity contribution in [1.29, 1.82) is 0 Å². The van der Waals surface area contributed by atoms with Gasteiger partial charge in [0.2, 0.25) is 0 Å². The molecule has 0 fully saturated rings. The molecule has 1 atom stereocenters. The normalized spacial score (nSPS) is 14.4. The predicted octanol–water partition coefficient (Wildman–Crippen LogP) is 3.70. The number of hydrogen-bond donors (Lipinski definition) is 1. The van der Waals surface area contributed by atoms with E-state index in [4.69, 9.17) is 0 Å². The minimum Gasteiger partial charge on any atom is -0.389 e. The summed E-state index contributed by atoms with van der Waals surface area (Å²) in [4.78, 5) is 0. The number of hydrogen-bond acceptors (Lipinski definition) is 1. The van der Waals surface area contributed by atoms with Crippen LogP contribution in [0.5, 0.6) is 0 Å². The highest BCUT2D eigenvalue weighted by Gasteiger charge is 2.04. The van der Waals surface area contributed by atoms with Gasteiger partial charge >= 0.3 is 0 Å². The van der Waals surface area contributed by atoms with E-state index in [1.807, 2.05) is 19.9 Å². The summed E-state index contributed by atoms with van der Waals surface area (Å²) in [6.07, 6.45) is 6.05. The van der Waals surface area contributed by atoms with E-state index in [0.29, 0.717) is 5.92 Å². The van der Waals surface area contributed by atoms with Gasteiger partial charge in [-0.25, -0.2) is 0 Å². The third kappa shape index (κ3) is 6.90. The van der Waals surface area contributed by atoms with Crippen molar-refractivity contribution < 1.29 is 5.11 Å². The molecule has 0 aliphatic heterocycles. The van der Waals surface area contributed by atoms with Crippen LogP contribution in [0.15, 0.2) is 23.3 Å². The summed E-state index contributed by atoms with van der Waals surface area (Å²) in [6.45, 7) is 10.4. The predicted molar refractivity (Wildman–Crippen MR) is 63.3 cm³/mol. The van der Waals surface area contributed by atoms with Crippen LogP contribution in [-0.2, 0) is 0 Å². The van der Waals surface area contributed by atoms with Crippen molar-refractivity contribution in [1.82, 2.24) is 0 Å². The van der Waals surface area contributed by atoms with E-state index in [0.717, 1.165) is 12.8 Å². The molecule has 0 spiro atoms. The summed E-state index contributed by atoms with van der Waals surface area (Å²) in [5.74, 6) is 0.313. The van der Waals surface area contributed by atoms with Crippen LogP contribution in [0.2, 0.25) is 0 Å². The summed E-state index contributed by atoms with van der Waals surface area (Å²) in [5, 5.41) is 9.61. The Morgan fingerprint density at radius 3 is 2.21 bits per heavy atom. The quantitative estimate of drug-likeness (QED) is 0.665. The van der Waals surface area contributed by atoms with Crippen LogP contribution in [0.1, 0.15) is 47.5 Å². The molecular weight excluding hydrogens is 172 g/mol. The molecule has 0 amide bonds. The van der Waals surface area contributed by atoms with E-state index in [9.17, 15) is 5.11 Å². The topological polar surface area (TPSA) is 20.2 Å². The van der Waals surface area contributed by atoms with Crippen LogP contribution in [0.3, 0.4) is 0 Å². The highest BCUT2D eigenvalue weighted by atomic mass is 16.3. The smallest absolute Gasteiger partial charge is 0.0746 e. The van der Waals surface area contributed by atoms with Crippen molar-refractivity contribution in [3.05, 3.63) is 23.3 Å². The molecule has 1 heteroatoms. The molecule has 0 aliphatic carbocycles. The molecule has 14 heavy (non-hydrogen) atoms. The lowest BCUT2D eigenvalue weighted by molar-refractivity contribution is 0.171. The number of rotatable bonds is 5. The Morgan fingerprint density at radius 2 is 1.79 bits per heavy atom. The van der Waals surface area contributed by atoms with Gasteiger partial charge in [0.25, 0.3) is 0 Å². The van der Waals surface area contributed by atoms with Crippen molar-refractivity contribution >= 4 is 0 Å². The Labute approximate surface area is 88.5 Å². The minimum atomic E-state index is -0.290. The zero-order chi connectivity index (χ0) is 11.1. The second-order valence-corrected chi connectivity index (χ2v) is 4.57. The second-order valence-electron chi connectivity index (χ2n) is 4.57. The van der Waals surface area contributed by atoms with Gasteiger partial charge in [-0.05, 0) is 39.5 Å². The van der Waals surface area contributed by atoms with Crippen LogP contribution < -0.4 is 0 Å². The van der Waals surface area contributed by atoms with Crippen molar-refractivity contribution in [3.8, 4) is 0 Å². The van der Waals surface area contributed by atoms with E-state index in [1.165, 1.54) is 11.1 Å². The molecule has 82 valence electrons. The minimum absolute atomic E-state index is 0.290. The first kappa shape index (κ1) is 13.4. The SMILES string of the molecule is CC(C)=CCCC(C)=CC(O)C(C)C. The third-order valence-corrected chi connectivity index (χ3v) is 2.23. The average Bonchev–Trinajstić information content (AvgIpc) is 2.02. The lowest BCUT2D eigenvalue weighted by Crippen LogP contribution is -2.11. The van der Waals surface area contributed by atoms with Gasteiger partial charge in [0.1, 0.15) is 0 Å². The zero-order valence-electron chi connectivity index (χ0n) is 10.2. The zero-order valence-corrected chi connectivity index (χ0v) is 10.2. The van der Waals surface area contributed by atoms with Gasteiger partial charge in [0.15, 0.2) is 0 Å². The number of aliphatic hydroxyl groups excluding tert-OH is 1. The molecule has 0 heterocycles. The van der Waals surface area contributed by atoms with Crippen molar-refractivity contribution in [2.24, 2.45) is 5.92 Å². The molecule has 0 aromatic carbocycles. The highest BCUT2D eigenvalue weighted by Crippen LogP contribution is 2.11. The van der Waals surface area contributed by atoms with E-state index in [-0.39, 0.29) is 6.10 Å². The lowest BCUT2D eigenvalue weighted by Gasteiger charge is -2.10. The molecule has 0 saturated heterocycles. The average molecular weight is 196 g/mol. The molecule has 0 aliphatic rings. The first-order valence-electron chi connectivity index (χ1n) is 5.42. The second kappa shape index (κ2) is 6.83. The maximum absolute atomic E-state index is 9.61. The van der Waals surface area contributed by atoms with Crippen molar-refractivity contribution in [3.63, 3.8) is 0 Å². The summed E-state index contributed by atoms with van der Waals surface area (Å²) in [6, 6.07) is 0. The standard InChI is InChI=1S/C13H24O/c1-10(2)7-6-8-12(5)9-13(14)11(3)4/h7,9,11,13-14H,6,8H2,1-5H3. The molecular formula is C13H24O. The first-order valence-corrected chi connectivity index (χ1v) is 5.42. The molecule has 0 saturated carbocycles. The van der Waals surface area contributed by atoms with Gasteiger partial charge in [0.05, 0.1) is 6.10 Å². The molecule has 0 bridgehead atoms. The molecule has 1 nitrogen and oxygen atoms in total. The van der Waals surface area contributed by atoms with Crippen molar-refractivity contribution in [2.75, 3.05) is 0 Å². The first-order chi connectivity index (χ1) is 6.43. The maximum Gasteiger partial charge on any atom is 0.0746 e. The van der Waals surface area contributed by atoms with Crippen molar-refractivity contribution in [2.45, 2.75) is 53.6 Å². The molecule has 1 N–H and O–H groups in total. The van der Waals surface area contributed by atoms with Gasteiger partial charge in [-0.15, -0.1) is 0 Å². The molecule has 0 rings (SSSR count). The fourth-order valence-corrected chi connectivity index (χ4v) is 1.16. The van der Waals surface area contributed by atoms with Crippen LogP contribution in [-0.4, -0.2) is 11.2 Å². The van der Waals surface area contributed by atoms with Gasteiger partial charge in [-0.1, -0.05) is 37.1 Å². The van der Waals surface area contributed by atoms with E-state index >= 15 is 0 Å². The monoisotopic (exact) mass is 196 g/mol. The number of allylic oxidation sites excluding steroid dienone is 3. The van der Waals surface area contributed by atoms with Gasteiger partial charge in [-0.2, -0.15) is 0 Å². The Kier molecular flexibility index (Phi) is 6.56.